The number of amides is 1. The highest BCUT2D eigenvalue weighted by Crippen LogP contribution is 2.39. The first-order valence-electron chi connectivity index (χ1n) is 17.5. The highest BCUT2D eigenvalue weighted by atomic mass is 28.4. The van der Waals surface area contributed by atoms with E-state index in [0.717, 1.165) is 23.7 Å². The summed E-state index contributed by atoms with van der Waals surface area (Å²) in [6.45, 7) is 15.8. The summed E-state index contributed by atoms with van der Waals surface area (Å²) in [5.41, 5.74) is 0.137. The molecule has 0 saturated carbocycles. The predicted octanol–water partition coefficient (Wildman–Crippen LogP) is 5.47. The normalized spacial score (nSPS) is 20.7. The highest BCUT2D eigenvalue weighted by molar-refractivity contribution is 6.74. The van der Waals surface area contributed by atoms with Gasteiger partial charge in [0.2, 0.25) is 5.95 Å². The zero-order chi connectivity index (χ0) is 38.0. The van der Waals surface area contributed by atoms with E-state index in [9.17, 15) is 22.8 Å². The molecule has 12 nitrogen and oxygen atoms in total. The molecule has 1 aromatic carbocycles. The van der Waals surface area contributed by atoms with Gasteiger partial charge in [0.05, 0.1) is 49.7 Å². The molecule has 2 fully saturated rings. The van der Waals surface area contributed by atoms with E-state index >= 15 is 0 Å². The topological polar surface area (TPSA) is 121 Å². The van der Waals surface area contributed by atoms with Crippen molar-refractivity contribution in [1.82, 2.24) is 24.6 Å². The van der Waals surface area contributed by atoms with Crippen molar-refractivity contribution in [3.8, 4) is 11.5 Å². The van der Waals surface area contributed by atoms with Crippen LogP contribution in [-0.4, -0.2) is 96.6 Å². The van der Waals surface area contributed by atoms with Gasteiger partial charge < -0.3 is 28.4 Å². The monoisotopic (exact) mass is 746 g/mol. The molecule has 0 N–H and O–H groups in total. The molecular weight excluding hydrogens is 698 g/mol. The maximum atomic E-state index is 13.8. The molecule has 1 unspecified atom stereocenters. The summed E-state index contributed by atoms with van der Waals surface area (Å²) in [6.07, 6.45) is -1.96. The van der Waals surface area contributed by atoms with Crippen LogP contribution in [0.15, 0.2) is 47.7 Å². The van der Waals surface area contributed by atoms with E-state index in [-0.39, 0.29) is 35.1 Å². The second-order valence-corrected chi connectivity index (χ2v) is 19.8. The lowest BCUT2D eigenvalue weighted by Gasteiger charge is -2.47. The van der Waals surface area contributed by atoms with E-state index < -0.39 is 38.4 Å². The third kappa shape index (κ3) is 8.94. The van der Waals surface area contributed by atoms with Gasteiger partial charge in [-0.25, -0.2) is 14.6 Å². The molecule has 16 heteroatoms. The van der Waals surface area contributed by atoms with Gasteiger partial charge in [-0.3, -0.25) is 9.59 Å². The maximum absolute atomic E-state index is 13.8. The number of aromatic nitrogens is 4. The minimum Gasteiger partial charge on any atom is -0.497 e. The number of likely N-dealkylation sites (tertiary alicyclic amines) is 1. The quantitative estimate of drug-likeness (QED) is 0.221. The Balaban J connectivity index is 1.21. The second-order valence-electron chi connectivity index (χ2n) is 15.0. The Morgan fingerprint density at radius 1 is 1.00 bits per heavy atom. The highest BCUT2D eigenvalue weighted by Gasteiger charge is 2.47. The number of hydrogen-bond acceptors (Lipinski definition) is 10. The average Bonchev–Trinajstić information content (AvgIpc) is 3.45. The summed E-state index contributed by atoms with van der Waals surface area (Å²) < 4.78 is 65.1. The van der Waals surface area contributed by atoms with Crippen LogP contribution in [-0.2, 0) is 26.7 Å². The summed E-state index contributed by atoms with van der Waals surface area (Å²) in [5, 5.41) is 4.19. The summed E-state index contributed by atoms with van der Waals surface area (Å²) in [7, 11) is -0.733. The number of ether oxygens (including phenoxy) is 3. The molecule has 1 amide bonds. The van der Waals surface area contributed by atoms with Gasteiger partial charge in [-0.15, -0.1) is 0 Å². The van der Waals surface area contributed by atoms with Crippen molar-refractivity contribution in [3.63, 3.8) is 0 Å². The van der Waals surface area contributed by atoms with Gasteiger partial charge in [-0.1, -0.05) is 32.9 Å². The average molecular weight is 747 g/mol. The van der Waals surface area contributed by atoms with Crippen LogP contribution in [0.25, 0.3) is 0 Å². The third-order valence-corrected chi connectivity index (χ3v) is 14.7. The number of alkyl halides is 3. The summed E-state index contributed by atoms with van der Waals surface area (Å²) in [6, 6.07) is 7.15. The Morgan fingerprint density at radius 2 is 1.67 bits per heavy atom. The van der Waals surface area contributed by atoms with Crippen LogP contribution in [0.2, 0.25) is 18.1 Å². The lowest BCUT2D eigenvalue weighted by atomic mass is 10.0. The molecular formula is C36H49F3N6O6Si. The molecule has 0 radical (unpaired) electrons. The molecule has 3 aromatic rings. The summed E-state index contributed by atoms with van der Waals surface area (Å²) >= 11 is 0. The molecule has 2 aliphatic rings. The van der Waals surface area contributed by atoms with Crippen LogP contribution < -0.4 is 19.9 Å². The van der Waals surface area contributed by atoms with Crippen LogP contribution in [0.3, 0.4) is 0 Å². The van der Waals surface area contributed by atoms with Crippen molar-refractivity contribution in [2.45, 2.75) is 103 Å². The van der Waals surface area contributed by atoms with Crippen molar-refractivity contribution >= 4 is 20.2 Å². The van der Waals surface area contributed by atoms with Gasteiger partial charge in [0.25, 0.3) is 11.5 Å². The van der Waals surface area contributed by atoms with E-state index in [0.29, 0.717) is 50.3 Å². The fourth-order valence-corrected chi connectivity index (χ4v) is 7.45. The van der Waals surface area contributed by atoms with Gasteiger partial charge in [-0.2, -0.15) is 18.3 Å². The van der Waals surface area contributed by atoms with E-state index in [4.69, 9.17) is 18.6 Å². The fourth-order valence-electron chi connectivity index (χ4n) is 6.11. The Bertz CT molecular complexity index is 1750. The number of carbonyl (C=O) groups is 1. The van der Waals surface area contributed by atoms with E-state index in [1.54, 1.807) is 14.0 Å². The van der Waals surface area contributed by atoms with E-state index in [1.807, 2.05) is 41.0 Å². The number of hydrogen-bond donors (Lipinski definition) is 0. The van der Waals surface area contributed by atoms with Gasteiger partial charge in [0, 0.05) is 38.4 Å². The van der Waals surface area contributed by atoms with Crippen molar-refractivity contribution in [1.29, 1.82) is 0 Å². The van der Waals surface area contributed by atoms with E-state index in [2.05, 4.69) is 48.9 Å². The molecule has 0 bridgehead atoms. The standard InChI is InChI=1S/C36H49F3N6O6Si/c1-23(50-30-19-42-45(32(46)24(30)2)20-25-9-11-27(48-6)12-10-25)22-49-29-14-16-44(33(29)47)28-13-15-43(21-31(28)51-52(7,8)35(3,4)5)34-40-17-26(18-41-34)36(37,38)39/h9-12,17-19,23,28-29,31H,13-16,20-22H2,1-8H3/t23-,28+,29?,31+/m0/s1. The van der Waals surface area contributed by atoms with Crippen LogP contribution in [0.1, 0.15) is 57.2 Å². The van der Waals surface area contributed by atoms with Gasteiger partial charge >= 0.3 is 6.18 Å². The number of benzene rings is 1. The number of methoxy groups -OCH3 is 1. The Hall–Kier alpha value is -4.02. The largest absolute Gasteiger partial charge is 0.497 e. The number of halogens is 3. The Kier molecular flexibility index (Phi) is 11.7. The first kappa shape index (κ1) is 39.2. The van der Waals surface area contributed by atoms with Crippen molar-refractivity contribution in [2.75, 3.05) is 38.3 Å². The van der Waals surface area contributed by atoms with Crippen LogP contribution in [0.5, 0.6) is 11.5 Å². The molecule has 5 rings (SSSR count). The molecule has 52 heavy (non-hydrogen) atoms. The second kappa shape index (κ2) is 15.5. The summed E-state index contributed by atoms with van der Waals surface area (Å²) in [5.74, 6) is 1.13. The van der Waals surface area contributed by atoms with Gasteiger partial charge in [0.1, 0.15) is 23.7 Å². The minimum absolute atomic E-state index is 0.113. The lowest BCUT2D eigenvalue weighted by molar-refractivity contribution is -0.142. The maximum Gasteiger partial charge on any atom is 0.419 e. The predicted molar refractivity (Wildman–Crippen MR) is 191 cm³/mol. The molecule has 0 spiro atoms. The third-order valence-electron chi connectivity index (χ3n) is 10.2. The fraction of sp³-hybridized carbons (Fsp3) is 0.583. The van der Waals surface area contributed by atoms with Gasteiger partial charge in [-0.05, 0) is 56.1 Å². The number of carbonyl (C=O) groups excluding carboxylic acids is 1. The Labute approximate surface area is 303 Å². The summed E-state index contributed by atoms with van der Waals surface area (Å²) in [4.78, 5) is 38.6. The van der Waals surface area contributed by atoms with Crippen LogP contribution in [0.4, 0.5) is 19.1 Å². The molecule has 0 aliphatic carbocycles. The lowest BCUT2D eigenvalue weighted by Crippen LogP contribution is -2.60. The minimum atomic E-state index is -4.53. The first-order chi connectivity index (χ1) is 24.4. The smallest absolute Gasteiger partial charge is 0.419 e. The SMILES string of the molecule is COc1ccc(Cn2ncc(O[C@@H](C)COC3CCN([C@@H]4CCN(c5ncc(C(F)(F)F)cn5)C[C@H]4O[Si](C)(C)C(C)(C)C)C3=O)c(C)c2=O)cc1. The first-order valence-corrected chi connectivity index (χ1v) is 20.4. The number of nitrogens with zero attached hydrogens (tertiary/aromatic N) is 6. The molecule has 4 atom stereocenters. The molecule has 2 aromatic heterocycles. The van der Waals surface area contributed by atoms with Crippen LogP contribution >= 0.6 is 0 Å². The number of anilines is 1. The van der Waals surface area contributed by atoms with Crippen molar-refractivity contribution < 1.29 is 36.6 Å². The number of rotatable bonds is 12. The Morgan fingerprint density at radius 3 is 2.29 bits per heavy atom. The van der Waals surface area contributed by atoms with Crippen LogP contribution in [0, 0.1) is 6.92 Å². The molecule has 2 saturated heterocycles. The zero-order valence-electron chi connectivity index (χ0n) is 31.1. The van der Waals surface area contributed by atoms with Crippen molar-refractivity contribution in [2.24, 2.45) is 0 Å². The molecule has 4 heterocycles. The zero-order valence-corrected chi connectivity index (χ0v) is 32.1. The van der Waals surface area contributed by atoms with E-state index in [1.165, 1.54) is 10.9 Å². The molecule has 2 aliphatic heterocycles. The van der Waals surface area contributed by atoms with Gasteiger partial charge in [0.15, 0.2) is 8.32 Å². The molecule has 284 valence electrons. The number of piperidine rings is 1. The van der Waals surface area contributed by atoms with Crippen molar-refractivity contribution in [3.05, 3.63) is 69.9 Å².